The first-order valence-corrected chi connectivity index (χ1v) is 18.7. The summed E-state index contributed by atoms with van der Waals surface area (Å²) >= 11 is 0. The van der Waals surface area contributed by atoms with Crippen molar-refractivity contribution in [1.29, 1.82) is 0 Å². The second-order valence-corrected chi connectivity index (χ2v) is 14.9. The maximum absolute atomic E-state index is 9.08. The molecule has 0 saturated carbocycles. The minimum Gasteiger partial charge on any atom is -0.455 e. The van der Waals surface area contributed by atoms with E-state index in [4.69, 9.17) is 11.3 Å². The molecular weight excluding hydrogens is 667 g/mol. The summed E-state index contributed by atoms with van der Waals surface area (Å²) in [6.07, 6.45) is 0. The van der Waals surface area contributed by atoms with Gasteiger partial charge in [0.15, 0.2) is 0 Å². The molecule has 0 fully saturated rings. The van der Waals surface area contributed by atoms with Crippen molar-refractivity contribution in [3.05, 3.63) is 199 Å². The van der Waals surface area contributed by atoms with Crippen molar-refractivity contribution in [3.8, 4) is 33.4 Å². The summed E-state index contributed by atoms with van der Waals surface area (Å²) < 4.78 is 50.9. The van der Waals surface area contributed by atoms with Gasteiger partial charge in [-0.2, -0.15) is 0 Å². The van der Waals surface area contributed by atoms with Crippen LogP contribution in [0.25, 0.3) is 76.9 Å². The molecule has 0 saturated heterocycles. The Balaban J connectivity index is 1.27. The van der Waals surface area contributed by atoms with Gasteiger partial charge in [-0.3, -0.25) is 0 Å². The lowest BCUT2D eigenvalue weighted by molar-refractivity contribution is 0.660. The van der Waals surface area contributed by atoms with Crippen LogP contribution < -0.4 is 4.90 Å². The van der Waals surface area contributed by atoms with Crippen LogP contribution >= 0.6 is 0 Å². The molecule has 0 radical (unpaired) electrons. The van der Waals surface area contributed by atoms with Gasteiger partial charge in [0.1, 0.15) is 11.2 Å². The lowest BCUT2D eigenvalue weighted by atomic mass is 9.82. The summed E-state index contributed by atoms with van der Waals surface area (Å²) in [6, 6.07) is 53.0. The van der Waals surface area contributed by atoms with E-state index in [1.807, 2.05) is 54.6 Å². The molecule has 0 amide bonds. The van der Waals surface area contributed by atoms with Crippen molar-refractivity contribution in [2.45, 2.75) is 19.3 Å². The van der Waals surface area contributed by atoms with Gasteiger partial charge in [-0.1, -0.05) is 165 Å². The third-order valence-electron chi connectivity index (χ3n) is 11.5. The second-order valence-electron chi connectivity index (χ2n) is 14.9. The number of nitrogens with zero attached hydrogens (tertiary/aromatic N) is 1. The van der Waals surface area contributed by atoms with Crippen LogP contribution in [0.3, 0.4) is 0 Å². The predicted molar refractivity (Wildman–Crippen MR) is 232 cm³/mol. The van der Waals surface area contributed by atoms with Crippen LogP contribution in [0.15, 0.2) is 192 Å². The Labute approximate surface area is 327 Å². The normalized spacial score (nSPS) is 14.3. The monoisotopic (exact) mass is 708 g/mol. The average Bonchev–Trinajstić information content (AvgIpc) is 3.80. The Hall–Kier alpha value is -6.90. The molecule has 0 aliphatic heterocycles. The van der Waals surface area contributed by atoms with Crippen LogP contribution in [0.5, 0.6) is 0 Å². The highest BCUT2D eigenvalue weighted by molar-refractivity contribution is 6.33. The maximum atomic E-state index is 9.08. The molecule has 0 atom stereocenters. The number of rotatable bonds is 5. The molecule has 1 aliphatic carbocycles. The van der Waals surface area contributed by atoms with Crippen LogP contribution in [0.2, 0.25) is 0 Å². The average molecular weight is 709 g/mol. The molecule has 9 aromatic carbocycles. The Bertz CT molecular complexity index is 3380. The predicted octanol–water partition coefficient (Wildman–Crippen LogP) is 15.0. The third-order valence-corrected chi connectivity index (χ3v) is 11.5. The highest BCUT2D eigenvalue weighted by atomic mass is 16.3. The minimum atomic E-state index is -0.435. The SMILES string of the molecule is [2H]c1c([2H])c([2H])c(-c2ccc(N(c3ccc(-c4ccccc4)cc3)c3ccc4c(c3)C(C)(C)c3ccccc3-4)c3c2oc2c4ccccc4c4ccccc4c23)c([2H])c1[2H]. The van der Waals surface area contributed by atoms with Crippen molar-refractivity contribution < 1.29 is 11.3 Å². The standard InChI is InChI=1S/C53H37NO/c1-53(2)46-24-14-13-21-42(46)43-30-29-38(33-47(43)53)54(37-27-25-35(26-28-37)34-15-5-3-6-16-34)48-32-31-39(36-17-7-4-8-18-36)51-50(48)49-44-22-11-9-19-40(44)41-20-10-12-23-45(41)52(49)55-51/h3-33H,1-2H3/i4D,7D,8D,17D,18D. The third kappa shape index (κ3) is 4.74. The topological polar surface area (TPSA) is 16.4 Å². The largest absolute Gasteiger partial charge is 0.455 e. The molecular formula is C53H37NO. The van der Waals surface area contributed by atoms with Gasteiger partial charge in [0, 0.05) is 33.1 Å². The number of fused-ring (bicyclic) bond motifs is 11. The van der Waals surface area contributed by atoms with E-state index in [0.717, 1.165) is 60.5 Å². The van der Waals surface area contributed by atoms with Gasteiger partial charge in [-0.15, -0.1) is 0 Å². The van der Waals surface area contributed by atoms with Crippen molar-refractivity contribution in [2.75, 3.05) is 4.90 Å². The number of anilines is 3. The van der Waals surface area contributed by atoms with E-state index < -0.39 is 18.1 Å². The molecule has 1 aliphatic rings. The van der Waals surface area contributed by atoms with Crippen LogP contribution in [-0.2, 0) is 5.41 Å². The van der Waals surface area contributed by atoms with E-state index in [1.165, 1.54) is 22.3 Å². The van der Waals surface area contributed by atoms with Gasteiger partial charge in [-0.25, -0.2) is 0 Å². The molecule has 10 aromatic rings. The Kier molecular flexibility index (Phi) is 5.88. The van der Waals surface area contributed by atoms with Crippen molar-refractivity contribution in [3.63, 3.8) is 0 Å². The van der Waals surface area contributed by atoms with E-state index in [2.05, 4.69) is 122 Å². The first-order chi connectivity index (χ1) is 29.1. The highest BCUT2D eigenvalue weighted by Gasteiger charge is 2.36. The van der Waals surface area contributed by atoms with Crippen LogP contribution in [0, 0.1) is 0 Å². The molecule has 0 bridgehead atoms. The lowest BCUT2D eigenvalue weighted by Crippen LogP contribution is -2.16. The van der Waals surface area contributed by atoms with Gasteiger partial charge < -0.3 is 9.32 Å². The molecule has 0 N–H and O–H groups in total. The molecule has 0 spiro atoms. The molecule has 1 aromatic heterocycles. The van der Waals surface area contributed by atoms with E-state index >= 15 is 0 Å². The summed E-state index contributed by atoms with van der Waals surface area (Å²) in [7, 11) is 0. The van der Waals surface area contributed by atoms with E-state index in [1.54, 1.807) is 0 Å². The zero-order valence-electron chi connectivity index (χ0n) is 35.4. The van der Waals surface area contributed by atoms with E-state index in [-0.39, 0.29) is 23.1 Å². The summed E-state index contributed by atoms with van der Waals surface area (Å²) in [5.74, 6) is 0. The second kappa shape index (κ2) is 12.1. The van der Waals surface area contributed by atoms with E-state index in [0.29, 0.717) is 16.7 Å². The molecule has 260 valence electrons. The highest BCUT2D eigenvalue weighted by Crippen LogP contribution is 2.53. The smallest absolute Gasteiger partial charge is 0.145 e. The Morgan fingerprint density at radius 1 is 0.455 bits per heavy atom. The van der Waals surface area contributed by atoms with Gasteiger partial charge >= 0.3 is 0 Å². The van der Waals surface area contributed by atoms with E-state index in [9.17, 15) is 0 Å². The molecule has 2 heteroatoms. The van der Waals surface area contributed by atoms with Crippen molar-refractivity contribution in [2.24, 2.45) is 0 Å². The number of furan rings is 1. The molecule has 11 rings (SSSR count). The van der Waals surface area contributed by atoms with Crippen molar-refractivity contribution >= 4 is 60.5 Å². The Morgan fingerprint density at radius 2 is 1.05 bits per heavy atom. The number of hydrogen-bond acceptors (Lipinski definition) is 2. The molecule has 2 nitrogen and oxygen atoms in total. The summed E-state index contributed by atoms with van der Waals surface area (Å²) in [5.41, 5.74) is 11.3. The number of hydrogen-bond donors (Lipinski definition) is 0. The first kappa shape index (κ1) is 26.8. The Morgan fingerprint density at radius 3 is 1.84 bits per heavy atom. The fraction of sp³-hybridized carbons (Fsp3) is 0.0566. The molecule has 55 heavy (non-hydrogen) atoms. The minimum absolute atomic E-state index is 0.0982. The van der Waals surface area contributed by atoms with Crippen LogP contribution in [0.4, 0.5) is 17.1 Å². The summed E-state index contributed by atoms with van der Waals surface area (Å²) in [6.45, 7) is 4.57. The fourth-order valence-corrected chi connectivity index (χ4v) is 8.95. The van der Waals surface area contributed by atoms with Crippen LogP contribution in [0.1, 0.15) is 31.8 Å². The zero-order chi connectivity index (χ0) is 41.0. The molecule has 1 heterocycles. The van der Waals surface area contributed by atoms with Gasteiger partial charge in [-0.05, 0) is 91.5 Å². The summed E-state index contributed by atoms with van der Waals surface area (Å²) in [5, 5.41) is 5.71. The fourth-order valence-electron chi connectivity index (χ4n) is 8.95. The quantitative estimate of drug-likeness (QED) is 0.166. The zero-order valence-corrected chi connectivity index (χ0v) is 30.4. The number of benzene rings is 9. The van der Waals surface area contributed by atoms with Gasteiger partial charge in [0.05, 0.1) is 17.9 Å². The lowest BCUT2D eigenvalue weighted by Gasteiger charge is -2.29. The van der Waals surface area contributed by atoms with Gasteiger partial charge in [0.2, 0.25) is 0 Å². The molecule has 0 unspecified atom stereocenters. The van der Waals surface area contributed by atoms with Gasteiger partial charge in [0.25, 0.3) is 0 Å². The summed E-state index contributed by atoms with van der Waals surface area (Å²) in [4.78, 5) is 2.28. The maximum Gasteiger partial charge on any atom is 0.145 e. The van der Waals surface area contributed by atoms with Crippen molar-refractivity contribution in [1.82, 2.24) is 0 Å². The first-order valence-electron chi connectivity index (χ1n) is 21.2. The van der Waals surface area contributed by atoms with Crippen LogP contribution in [-0.4, -0.2) is 0 Å².